The van der Waals surface area contributed by atoms with Crippen LogP contribution in [0.25, 0.3) is 5.69 Å². The topological polar surface area (TPSA) is 56.7 Å². The molecule has 0 fully saturated rings. The summed E-state index contributed by atoms with van der Waals surface area (Å²) in [4.78, 5) is 1.58. The molecule has 1 heterocycles. The van der Waals surface area contributed by atoms with Crippen molar-refractivity contribution in [3.8, 4) is 5.69 Å². The zero-order valence-electron chi connectivity index (χ0n) is 8.01. The van der Waals surface area contributed by atoms with E-state index in [9.17, 15) is 0 Å². The van der Waals surface area contributed by atoms with E-state index in [1.165, 1.54) is 5.56 Å². The van der Waals surface area contributed by atoms with E-state index >= 15 is 0 Å². The Kier molecular flexibility index (Phi) is 2.28. The van der Waals surface area contributed by atoms with Crippen LogP contribution in [-0.2, 0) is 6.54 Å². The van der Waals surface area contributed by atoms with Crippen molar-refractivity contribution in [2.45, 2.75) is 13.5 Å². The number of aryl methyl sites for hydroxylation is 1. The predicted octanol–water partition coefficient (Wildman–Crippen LogP) is 1.03. The molecule has 4 nitrogen and oxygen atoms in total. The van der Waals surface area contributed by atoms with Crippen molar-refractivity contribution in [2.24, 2.45) is 5.73 Å². The van der Waals surface area contributed by atoms with Crippen molar-refractivity contribution in [3.05, 3.63) is 41.7 Å². The first kappa shape index (κ1) is 8.90. The van der Waals surface area contributed by atoms with Crippen molar-refractivity contribution in [2.75, 3.05) is 0 Å². The molecule has 4 heteroatoms. The van der Waals surface area contributed by atoms with Gasteiger partial charge in [-0.1, -0.05) is 6.07 Å². The average Bonchev–Trinajstić information content (AvgIpc) is 2.71. The van der Waals surface area contributed by atoms with Crippen LogP contribution in [0.5, 0.6) is 0 Å². The Hall–Kier alpha value is -1.68. The molecule has 0 atom stereocenters. The van der Waals surface area contributed by atoms with Crippen LogP contribution in [0, 0.1) is 6.92 Å². The lowest BCUT2D eigenvalue weighted by Crippen LogP contribution is -2.03. The third-order valence-corrected chi connectivity index (χ3v) is 2.20. The first-order chi connectivity index (χ1) is 6.81. The first-order valence-corrected chi connectivity index (χ1v) is 4.47. The van der Waals surface area contributed by atoms with Gasteiger partial charge in [-0.05, 0) is 30.2 Å². The number of aromatic nitrogens is 3. The molecular formula is C10H12N4. The zero-order chi connectivity index (χ0) is 9.97. The lowest BCUT2D eigenvalue weighted by Gasteiger charge is -2.05. The summed E-state index contributed by atoms with van der Waals surface area (Å²) < 4.78 is 0. The van der Waals surface area contributed by atoms with Gasteiger partial charge >= 0.3 is 0 Å². The highest BCUT2D eigenvalue weighted by Crippen LogP contribution is 2.12. The van der Waals surface area contributed by atoms with Crippen LogP contribution in [-0.4, -0.2) is 15.0 Å². The molecule has 0 unspecified atom stereocenters. The van der Waals surface area contributed by atoms with Crippen LogP contribution in [0.4, 0.5) is 0 Å². The van der Waals surface area contributed by atoms with Gasteiger partial charge in [0, 0.05) is 6.54 Å². The van der Waals surface area contributed by atoms with Crippen LogP contribution in [0.15, 0.2) is 30.6 Å². The molecule has 0 amide bonds. The van der Waals surface area contributed by atoms with Crippen molar-refractivity contribution in [3.63, 3.8) is 0 Å². The largest absolute Gasteiger partial charge is 0.326 e. The maximum absolute atomic E-state index is 5.62. The summed E-state index contributed by atoms with van der Waals surface area (Å²) in [5.41, 5.74) is 8.89. The van der Waals surface area contributed by atoms with Crippen LogP contribution in [0.1, 0.15) is 11.1 Å². The molecule has 14 heavy (non-hydrogen) atoms. The molecule has 0 bridgehead atoms. The summed E-state index contributed by atoms with van der Waals surface area (Å²) in [7, 11) is 0. The van der Waals surface area contributed by atoms with E-state index < -0.39 is 0 Å². The molecule has 0 aliphatic carbocycles. The fourth-order valence-electron chi connectivity index (χ4n) is 1.35. The van der Waals surface area contributed by atoms with Gasteiger partial charge in [0.25, 0.3) is 0 Å². The number of benzene rings is 1. The summed E-state index contributed by atoms with van der Waals surface area (Å²) in [6.45, 7) is 2.59. The number of rotatable bonds is 2. The highest BCUT2D eigenvalue weighted by Gasteiger charge is 2.01. The molecule has 0 aliphatic rings. The maximum atomic E-state index is 5.62. The third kappa shape index (κ3) is 1.52. The second kappa shape index (κ2) is 3.59. The number of hydrogen-bond donors (Lipinski definition) is 1. The highest BCUT2D eigenvalue weighted by atomic mass is 15.5. The van der Waals surface area contributed by atoms with Gasteiger partial charge in [0.2, 0.25) is 0 Å². The van der Waals surface area contributed by atoms with Gasteiger partial charge in [0.1, 0.15) is 0 Å². The van der Waals surface area contributed by atoms with E-state index in [-0.39, 0.29) is 0 Å². The zero-order valence-corrected chi connectivity index (χ0v) is 8.01. The van der Waals surface area contributed by atoms with Crippen LogP contribution < -0.4 is 5.73 Å². The van der Waals surface area contributed by atoms with Gasteiger partial charge < -0.3 is 5.73 Å². The Bertz CT molecular complexity index is 420. The molecule has 0 saturated carbocycles. The molecule has 0 radical (unpaired) electrons. The molecule has 0 spiro atoms. The molecule has 1 aromatic heterocycles. The Morgan fingerprint density at radius 3 is 2.64 bits per heavy atom. The number of nitrogens with two attached hydrogens (primary N) is 1. The second-order valence-electron chi connectivity index (χ2n) is 3.13. The standard InChI is InChI=1S/C10H12N4/c1-8-2-3-10(6-9(8)7-11)14-12-4-5-13-14/h2-6H,7,11H2,1H3. The van der Waals surface area contributed by atoms with Crippen molar-refractivity contribution in [1.29, 1.82) is 0 Å². The highest BCUT2D eigenvalue weighted by molar-refractivity contribution is 5.38. The van der Waals surface area contributed by atoms with Gasteiger partial charge in [0.15, 0.2) is 0 Å². The van der Waals surface area contributed by atoms with Crippen molar-refractivity contribution < 1.29 is 0 Å². The Morgan fingerprint density at radius 2 is 2.00 bits per heavy atom. The summed E-state index contributed by atoms with van der Waals surface area (Å²) in [5.74, 6) is 0. The minimum Gasteiger partial charge on any atom is -0.326 e. The van der Waals surface area contributed by atoms with Gasteiger partial charge in [0.05, 0.1) is 18.1 Å². The normalized spacial score (nSPS) is 10.4. The van der Waals surface area contributed by atoms with Crippen molar-refractivity contribution in [1.82, 2.24) is 15.0 Å². The Labute approximate surface area is 82.4 Å². The molecular weight excluding hydrogens is 176 g/mol. The Balaban J connectivity index is 2.46. The minimum absolute atomic E-state index is 0.543. The lowest BCUT2D eigenvalue weighted by molar-refractivity contribution is 0.750. The van der Waals surface area contributed by atoms with E-state index in [2.05, 4.69) is 10.2 Å². The third-order valence-electron chi connectivity index (χ3n) is 2.20. The van der Waals surface area contributed by atoms with Crippen LogP contribution in [0.2, 0.25) is 0 Å². The van der Waals surface area contributed by atoms with E-state index in [0.29, 0.717) is 6.54 Å². The quantitative estimate of drug-likeness (QED) is 0.766. The molecule has 2 N–H and O–H groups in total. The first-order valence-electron chi connectivity index (χ1n) is 4.47. The van der Waals surface area contributed by atoms with Gasteiger partial charge in [-0.2, -0.15) is 15.0 Å². The van der Waals surface area contributed by atoms with Gasteiger partial charge in [-0.25, -0.2) is 0 Å². The SMILES string of the molecule is Cc1ccc(-n2nccn2)cc1CN. The molecule has 2 rings (SSSR count). The number of nitrogens with zero attached hydrogens (tertiary/aromatic N) is 3. The maximum Gasteiger partial charge on any atom is 0.0860 e. The monoisotopic (exact) mass is 188 g/mol. The van der Waals surface area contributed by atoms with Crippen LogP contribution >= 0.6 is 0 Å². The predicted molar refractivity (Wildman–Crippen MR) is 54.0 cm³/mol. The fourth-order valence-corrected chi connectivity index (χ4v) is 1.35. The summed E-state index contributed by atoms with van der Waals surface area (Å²) in [6.07, 6.45) is 3.31. The smallest absolute Gasteiger partial charge is 0.0860 e. The fraction of sp³-hybridized carbons (Fsp3) is 0.200. The minimum atomic E-state index is 0.543. The van der Waals surface area contributed by atoms with E-state index in [1.54, 1.807) is 17.2 Å². The van der Waals surface area contributed by atoms with Crippen molar-refractivity contribution >= 4 is 0 Å². The van der Waals surface area contributed by atoms with E-state index in [1.807, 2.05) is 25.1 Å². The summed E-state index contributed by atoms with van der Waals surface area (Å²) in [5, 5.41) is 8.11. The summed E-state index contributed by atoms with van der Waals surface area (Å²) in [6, 6.07) is 6.02. The molecule has 1 aromatic carbocycles. The lowest BCUT2D eigenvalue weighted by atomic mass is 10.1. The molecule has 72 valence electrons. The molecule has 0 aliphatic heterocycles. The van der Waals surface area contributed by atoms with E-state index in [0.717, 1.165) is 11.3 Å². The van der Waals surface area contributed by atoms with Gasteiger partial charge in [-0.15, -0.1) is 0 Å². The Morgan fingerprint density at radius 1 is 1.29 bits per heavy atom. The molecule has 0 saturated heterocycles. The summed E-state index contributed by atoms with van der Waals surface area (Å²) >= 11 is 0. The molecule has 2 aromatic rings. The number of hydrogen-bond acceptors (Lipinski definition) is 3. The van der Waals surface area contributed by atoms with Crippen LogP contribution in [0.3, 0.4) is 0 Å². The average molecular weight is 188 g/mol. The van der Waals surface area contributed by atoms with Gasteiger partial charge in [-0.3, -0.25) is 0 Å². The van der Waals surface area contributed by atoms with E-state index in [4.69, 9.17) is 5.73 Å². The second-order valence-corrected chi connectivity index (χ2v) is 3.13.